The highest BCUT2D eigenvalue weighted by Crippen LogP contribution is 2.21. The van der Waals surface area contributed by atoms with Gasteiger partial charge in [0.25, 0.3) is 0 Å². The van der Waals surface area contributed by atoms with Crippen LogP contribution < -0.4 is 0 Å². The fourth-order valence-corrected chi connectivity index (χ4v) is 2.35. The number of nitrogens with zero attached hydrogens (tertiary/aromatic N) is 2. The van der Waals surface area contributed by atoms with Crippen molar-refractivity contribution in [2.24, 2.45) is 13.0 Å². The molecule has 0 aromatic carbocycles. The topological polar surface area (TPSA) is 17.8 Å². The highest BCUT2D eigenvalue weighted by atomic mass is 79.9. The summed E-state index contributed by atoms with van der Waals surface area (Å²) in [4.78, 5) is 0.615. The molecule has 1 aromatic heterocycles. The molecule has 2 atom stereocenters. The van der Waals surface area contributed by atoms with E-state index < -0.39 is 0 Å². The zero-order valence-electron chi connectivity index (χ0n) is 9.20. The van der Waals surface area contributed by atoms with Crippen molar-refractivity contribution in [3.8, 4) is 0 Å². The van der Waals surface area contributed by atoms with Crippen LogP contribution in [0.1, 0.15) is 32.3 Å². The Morgan fingerprint density at radius 3 is 2.71 bits per heavy atom. The van der Waals surface area contributed by atoms with Crippen LogP contribution in [0.5, 0.6) is 0 Å². The lowest BCUT2D eigenvalue weighted by Crippen LogP contribution is -2.10. The van der Waals surface area contributed by atoms with E-state index >= 15 is 0 Å². The number of alkyl halides is 1. The molecule has 1 aromatic rings. The van der Waals surface area contributed by atoms with Crippen molar-refractivity contribution < 1.29 is 0 Å². The molecule has 14 heavy (non-hydrogen) atoms. The summed E-state index contributed by atoms with van der Waals surface area (Å²) in [5.74, 6) is 0.773. The SMILES string of the molecule is CCC(CCc1cnn(C)c1)C(C)Br. The van der Waals surface area contributed by atoms with Crippen LogP contribution in [0.25, 0.3) is 0 Å². The maximum atomic E-state index is 4.17. The van der Waals surface area contributed by atoms with Gasteiger partial charge in [0, 0.05) is 18.1 Å². The first-order valence-corrected chi connectivity index (χ1v) is 6.16. The Labute approximate surface area is 94.8 Å². The minimum atomic E-state index is 0.615. The van der Waals surface area contributed by atoms with Gasteiger partial charge in [0.05, 0.1) is 6.20 Å². The van der Waals surface area contributed by atoms with E-state index in [9.17, 15) is 0 Å². The zero-order valence-corrected chi connectivity index (χ0v) is 10.8. The third-order valence-electron chi connectivity index (χ3n) is 2.74. The summed E-state index contributed by atoms with van der Waals surface area (Å²) in [5.41, 5.74) is 1.35. The molecule has 0 bridgehead atoms. The smallest absolute Gasteiger partial charge is 0.0521 e. The van der Waals surface area contributed by atoms with E-state index in [4.69, 9.17) is 0 Å². The molecule has 0 radical (unpaired) electrons. The Morgan fingerprint density at radius 2 is 2.29 bits per heavy atom. The second-order valence-electron chi connectivity index (χ2n) is 3.91. The standard InChI is InChI=1S/C11H19BrN2/c1-4-11(9(2)12)6-5-10-7-13-14(3)8-10/h7-9,11H,4-6H2,1-3H3. The van der Waals surface area contributed by atoms with Crippen LogP contribution in [0.4, 0.5) is 0 Å². The predicted molar refractivity (Wildman–Crippen MR) is 63.7 cm³/mol. The average Bonchev–Trinajstić information content (AvgIpc) is 2.52. The minimum Gasteiger partial charge on any atom is -0.276 e. The molecule has 0 fully saturated rings. The number of hydrogen-bond acceptors (Lipinski definition) is 1. The second-order valence-corrected chi connectivity index (χ2v) is 5.35. The van der Waals surface area contributed by atoms with Crippen LogP contribution >= 0.6 is 15.9 Å². The van der Waals surface area contributed by atoms with Gasteiger partial charge in [-0.2, -0.15) is 5.10 Å². The van der Waals surface area contributed by atoms with Gasteiger partial charge in [-0.3, -0.25) is 4.68 Å². The first-order chi connectivity index (χ1) is 6.63. The maximum Gasteiger partial charge on any atom is 0.0521 e. The highest BCUT2D eigenvalue weighted by Gasteiger charge is 2.12. The summed E-state index contributed by atoms with van der Waals surface area (Å²) in [6, 6.07) is 0. The van der Waals surface area contributed by atoms with Crippen LogP contribution in [-0.4, -0.2) is 14.6 Å². The third kappa shape index (κ3) is 3.45. The molecule has 0 N–H and O–H groups in total. The summed E-state index contributed by atoms with van der Waals surface area (Å²) in [5, 5.41) is 4.17. The van der Waals surface area contributed by atoms with Gasteiger partial charge in [-0.25, -0.2) is 0 Å². The Morgan fingerprint density at radius 1 is 1.57 bits per heavy atom. The number of hydrogen-bond donors (Lipinski definition) is 0. The first kappa shape index (κ1) is 11.8. The maximum absolute atomic E-state index is 4.17. The fraction of sp³-hybridized carbons (Fsp3) is 0.727. The lowest BCUT2D eigenvalue weighted by Gasteiger charge is -2.16. The summed E-state index contributed by atoms with van der Waals surface area (Å²) < 4.78 is 1.87. The van der Waals surface area contributed by atoms with Crippen LogP contribution in [0.3, 0.4) is 0 Å². The second kappa shape index (κ2) is 5.54. The van der Waals surface area contributed by atoms with E-state index in [2.05, 4.69) is 41.1 Å². The van der Waals surface area contributed by atoms with E-state index in [0.29, 0.717) is 4.83 Å². The van der Waals surface area contributed by atoms with Crippen LogP contribution in [-0.2, 0) is 13.5 Å². The highest BCUT2D eigenvalue weighted by molar-refractivity contribution is 9.09. The molecule has 80 valence electrons. The fourth-order valence-electron chi connectivity index (χ4n) is 1.71. The summed E-state index contributed by atoms with van der Waals surface area (Å²) in [6.45, 7) is 4.49. The lowest BCUT2D eigenvalue weighted by atomic mass is 9.96. The molecule has 0 amide bonds. The van der Waals surface area contributed by atoms with E-state index in [1.807, 2.05) is 17.9 Å². The van der Waals surface area contributed by atoms with Crippen molar-refractivity contribution in [3.63, 3.8) is 0 Å². The van der Waals surface area contributed by atoms with Crippen molar-refractivity contribution in [1.82, 2.24) is 9.78 Å². The van der Waals surface area contributed by atoms with Gasteiger partial charge < -0.3 is 0 Å². The summed E-state index contributed by atoms with van der Waals surface area (Å²) >= 11 is 3.66. The number of halogens is 1. The molecular formula is C11H19BrN2. The molecule has 2 unspecified atom stereocenters. The monoisotopic (exact) mass is 258 g/mol. The summed E-state index contributed by atoms with van der Waals surface area (Å²) in [7, 11) is 1.97. The van der Waals surface area contributed by atoms with Crippen molar-refractivity contribution in [1.29, 1.82) is 0 Å². The van der Waals surface area contributed by atoms with E-state index in [1.54, 1.807) is 0 Å². The molecule has 1 rings (SSSR count). The molecule has 0 saturated heterocycles. The van der Waals surface area contributed by atoms with Crippen molar-refractivity contribution in [3.05, 3.63) is 18.0 Å². The molecule has 0 aliphatic rings. The van der Waals surface area contributed by atoms with Crippen molar-refractivity contribution in [2.45, 2.75) is 37.9 Å². The molecule has 0 aliphatic heterocycles. The predicted octanol–water partition coefficient (Wildman–Crippen LogP) is 3.16. The molecule has 0 spiro atoms. The van der Waals surface area contributed by atoms with Crippen molar-refractivity contribution in [2.75, 3.05) is 0 Å². The van der Waals surface area contributed by atoms with Gasteiger partial charge in [-0.15, -0.1) is 0 Å². The van der Waals surface area contributed by atoms with Gasteiger partial charge in [0.15, 0.2) is 0 Å². The van der Waals surface area contributed by atoms with E-state index in [0.717, 1.165) is 12.3 Å². The minimum absolute atomic E-state index is 0.615. The van der Waals surface area contributed by atoms with Crippen LogP contribution in [0.15, 0.2) is 12.4 Å². The van der Waals surface area contributed by atoms with Crippen LogP contribution in [0.2, 0.25) is 0 Å². The van der Waals surface area contributed by atoms with Crippen molar-refractivity contribution >= 4 is 15.9 Å². The van der Waals surface area contributed by atoms with Crippen LogP contribution in [0, 0.1) is 5.92 Å². The average molecular weight is 259 g/mol. The Balaban J connectivity index is 2.39. The number of rotatable bonds is 5. The summed E-state index contributed by atoms with van der Waals surface area (Å²) in [6.07, 6.45) is 7.70. The third-order valence-corrected chi connectivity index (χ3v) is 3.48. The Kier molecular flexibility index (Phi) is 4.66. The molecule has 0 aliphatic carbocycles. The Bertz CT molecular complexity index is 268. The van der Waals surface area contributed by atoms with Gasteiger partial charge in [-0.1, -0.05) is 36.2 Å². The zero-order chi connectivity index (χ0) is 10.6. The Hall–Kier alpha value is -0.310. The normalized spacial score (nSPS) is 15.4. The van der Waals surface area contributed by atoms with Gasteiger partial charge in [0.1, 0.15) is 0 Å². The molecule has 1 heterocycles. The molecule has 2 nitrogen and oxygen atoms in total. The van der Waals surface area contributed by atoms with Gasteiger partial charge in [-0.05, 0) is 24.3 Å². The van der Waals surface area contributed by atoms with E-state index in [-0.39, 0.29) is 0 Å². The number of aryl methyl sites for hydroxylation is 2. The quantitative estimate of drug-likeness (QED) is 0.743. The largest absolute Gasteiger partial charge is 0.276 e. The van der Waals surface area contributed by atoms with E-state index in [1.165, 1.54) is 18.4 Å². The molecule has 3 heteroatoms. The lowest BCUT2D eigenvalue weighted by molar-refractivity contribution is 0.472. The molecular weight excluding hydrogens is 240 g/mol. The molecule has 0 saturated carbocycles. The first-order valence-electron chi connectivity index (χ1n) is 5.25. The number of aromatic nitrogens is 2. The van der Waals surface area contributed by atoms with Gasteiger partial charge >= 0.3 is 0 Å². The van der Waals surface area contributed by atoms with Gasteiger partial charge in [0.2, 0.25) is 0 Å².